The van der Waals surface area contributed by atoms with Crippen molar-refractivity contribution >= 4 is 57.2 Å². The lowest BCUT2D eigenvalue weighted by Crippen LogP contribution is -2.52. The summed E-state index contributed by atoms with van der Waals surface area (Å²) in [4.78, 5) is 77.4. The summed E-state index contributed by atoms with van der Waals surface area (Å²) in [5.41, 5.74) is 6.09. The fraction of sp³-hybridized carbons (Fsp3) is 0.547. The Labute approximate surface area is 414 Å². The molecule has 3 fully saturated rings. The molecular weight excluding hydrogens is 903 g/mol. The van der Waals surface area contributed by atoms with Gasteiger partial charge in [-0.25, -0.2) is 19.9 Å². The molecule has 2 aromatic carbocycles. The molecule has 1 aliphatic carbocycles. The number of Topliss-reactive ketones (excluding diaryl/α,β-unsaturated/α-hetero) is 1. The molecule has 5 atom stereocenters. The van der Waals surface area contributed by atoms with Crippen molar-refractivity contribution in [3.63, 3.8) is 0 Å². The Hall–Kier alpha value is -6.08. The van der Waals surface area contributed by atoms with Crippen LogP contribution in [-0.4, -0.2) is 129 Å². The van der Waals surface area contributed by atoms with Gasteiger partial charge in [0.2, 0.25) is 5.91 Å². The van der Waals surface area contributed by atoms with E-state index in [4.69, 9.17) is 9.72 Å². The fourth-order valence-corrected chi connectivity index (χ4v) is 10.7. The van der Waals surface area contributed by atoms with Gasteiger partial charge in [-0.3, -0.25) is 33.5 Å². The predicted molar refractivity (Wildman–Crippen MR) is 270 cm³/mol. The molecule has 71 heavy (non-hydrogen) atoms. The van der Waals surface area contributed by atoms with Gasteiger partial charge in [0.15, 0.2) is 23.2 Å². The van der Waals surface area contributed by atoms with Crippen molar-refractivity contribution < 1.29 is 34.1 Å². The first-order chi connectivity index (χ1) is 34.0. The zero-order chi connectivity index (χ0) is 50.1. The van der Waals surface area contributed by atoms with Crippen molar-refractivity contribution in [3.05, 3.63) is 83.8 Å². The summed E-state index contributed by atoms with van der Waals surface area (Å²) in [6, 6.07) is 11.3. The third kappa shape index (κ3) is 10.6. The number of unbranched alkanes of at least 4 members (excludes halogenated alkanes) is 2. The van der Waals surface area contributed by atoms with E-state index in [1.807, 2.05) is 0 Å². The Morgan fingerprint density at radius 1 is 0.972 bits per heavy atom. The standard InChI is InChI=1S/C53H69N11O7/c1-30(2)62(34-24-32(25-34)17-21-42-60-37-19-18-33(53(4,5)6)26-39(37)61-42)27-41-45(66)46(67)52(71-41)63-29-58-44-47(56-28-57-48(44)63)55-22-9-7-8-12-35(65)13-11-23-54-38-15-10-14-36-43(38)51(70)64(50(36)69)40-20-16-31(3)59-49(40)68/h10,14-15,18-19,26,28-30,32,34,40-41,45-46,52,54,66-67H,3,7-9,11-13,16-17,20-25,27H2,1-2,4-6H3,(H,59,68)(H,60,61)(H,55,56,57)/t32?,34?,40?,41-,45?,46+,52-/m1/s1. The van der Waals surface area contributed by atoms with Crippen molar-refractivity contribution in [2.75, 3.05) is 30.3 Å². The van der Waals surface area contributed by atoms with Gasteiger partial charge in [-0.2, -0.15) is 0 Å². The Kier molecular flexibility index (Phi) is 14.7. The number of aliphatic hydroxyl groups excluding tert-OH is 2. The fourth-order valence-electron chi connectivity index (χ4n) is 10.7. The van der Waals surface area contributed by atoms with Crippen LogP contribution < -0.4 is 16.0 Å². The van der Waals surface area contributed by atoms with Crippen LogP contribution in [0.1, 0.15) is 144 Å². The summed E-state index contributed by atoms with van der Waals surface area (Å²) >= 11 is 0. The van der Waals surface area contributed by atoms with E-state index in [-0.39, 0.29) is 28.4 Å². The molecule has 0 bridgehead atoms. The average molecular weight is 972 g/mol. The molecule has 2 saturated heterocycles. The first-order valence-electron chi connectivity index (χ1n) is 25.5. The highest BCUT2D eigenvalue weighted by molar-refractivity contribution is 6.25. The van der Waals surface area contributed by atoms with Crippen LogP contribution in [0.3, 0.4) is 0 Å². The van der Waals surface area contributed by atoms with Crippen molar-refractivity contribution in [2.45, 2.75) is 160 Å². The van der Waals surface area contributed by atoms with Gasteiger partial charge in [0, 0.05) is 62.4 Å². The zero-order valence-corrected chi connectivity index (χ0v) is 41.6. The first-order valence-corrected chi connectivity index (χ1v) is 25.5. The number of aromatic amines is 1. The number of hydrogen-bond donors (Lipinski definition) is 6. The van der Waals surface area contributed by atoms with Crippen LogP contribution in [0.5, 0.6) is 0 Å². The van der Waals surface area contributed by atoms with Crippen LogP contribution in [0.4, 0.5) is 11.5 Å². The normalized spacial score (nSPS) is 23.6. The molecule has 18 heteroatoms. The summed E-state index contributed by atoms with van der Waals surface area (Å²) < 4.78 is 8.11. The number of carbonyl (C=O) groups excluding carboxylic acids is 4. The van der Waals surface area contributed by atoms with E-state index in [2.05, 4.69) is 100 Å². The lowest BCUT2D eigenvalue weighted by atomic mass is 9.76. The molecular formula is C53H69N11O7. The number of anilines is 2. The number of imidazole rings is 2. The number of nitrogens with one attached hydrogen (secondary N) is 4. The highest BCUT2D eigenvalue weighted by Crippen LogP contribution is 2.39. The van der Waals surface area contributed by atoms with Crippen LogP contribution in [0, 0.1) is 5.92 Å². The lowest BCUT2D eigenvalue weighted by Gasteiger charge is -2.46. The molecule has 6 N–H and O–H groups in total. The van der Waals surface area contributed by atoms with Gasteiger partial charge >= 0.3 is 0 Å². The van der Waals surface area contributed by atoms with E-state index in [0.717, 1.165) is 66.7 Å². The lowest BCUT2D eigenvalue weighted by molar-refractivity contribution is -0.125. The van der Waals surface area contributed by atoms with E-state index >= 15 is 0 Å². The quantitative estimate of drug-likeness (QED) is 0.0338. The van der Waals surface area contributed by atoms with E-state index in [1.54, 1.807) is 29.1 Å². The van der Waals surface area contributed by atoms with Gasteiger partial charge in [0.05, 0.1) is 28.5 Å². The van der Waals surface area contributed by atoms with Crippen molar-refractivity contribution in [3.8, 4) is 0 Å². The number of H-pyrrole nitrogens is 1. The SMILES string of the molecule is C=C1CCC(N2C(=O)c3cccc(NCCCC(=O)CCCCCNc4ncnc5c4ncn5[C@@H]4O[C@H](CN(C(C)C)C5CC(CCc6nc7ccc(C(C)(C)C)cc7[nH]6)C5)C(O)[C@@H]4O)c3C2=O)C(=O)N1. The molecule has 0 radical (unpaired) electrons. The summed E-state index contributed by atoms with van der Waals surface area (Å²) in [5, 5.41) is 31.9. The maximum absolute atomic E-state index is 13.4. The average Bonchev–Trinajstić information content (AvgIpc) is 4.07. The Balaban J connectivity index is 0.689. The second-order valence-corrected chi connectivity index (χ2v) is 21.2. The van der Waals surface area contributed by atoms with Gasteiger partial charge in [-0.15, -0.1) is 0 Å². The number of allylic oxidation sites excluding steroid dienone is 1. The number of amides is 3. The third-order valence-electron chi connectivity index (χ3n) is 14.8. The molecule has 3 amide bonds. The molecule has 9 rings (SSSR count). The number of rotatable bonds is 21. The third-order valence-corrected chi connectivity index (χ3v) is 14.8. The zero-order valence-electron chi connectivity index (χ0n) is 41.6. The Bertz CT molecular complexity index is 2790. The van der Waals surface area contributed by atoms with E-state index in [0.29, 0.717) is 92.1 Å². The second kappa shape index (κ2) is 20.9. The van der Waals surface area contributed by atoms with Crippen LogP contribution in [0.25, 0.3) is 22.2 Å². The summed E-state index contributed by atoms with van der Waals surface area (Å²) in [5.74, 6) is 0.936. The molecule has 5 aromatic rings. The molecule has 6 heterocycles. The highest BCUT2D eigenvalue weighted by Gasteiger charge is 2.47. The number of imide groups is 1. The maximum Gasteiger partial charge on any atom is 0.264 e. The molecule has 2 unspecified atom stereocenters. The monoisotopic (exact) mass is 972 g/mol. The van der Waals surface area contributed by atoms with E-state index in [1.165, 1.54) is 11.9 Å². The van der Waals surface area contributed by atoms with Crippen molar-refractivity contribution in [1.82, 2.24) is 44.6 Å². The largest absolute Gasteiger partial charge is 0.387 e. The van der Waals surface area contributed by atoms with Gasteiger partial charge in [-0.05, 0) is 106 Å². The number of piperidine rings is 1. The van der Waals surface area contributed by atoms with Crippen LogP contribution in [0.2, 0.25) is 0 Å². The van der Waals surface area contributed by atoms with E-state index < -0.39 is 48.3 Å². The Morgan fingerprint density at radius 2 is 1.76 bits per heavy atom. The number of benzene rings is 2. The molecule has 0 spiro atoms. The number of ether oxygens (including phenoxy) is 1. The minimum absolute atomic E-state index is 0.0804. The van der Waals surface area contributed by atoms with Gasteiger partial charge in [-0.1, -0.05) is 45.9 Å². The summed E-state index contributed by atoms with van der Waals surface area (Å²) in [6.07, 6.45) is 7.95. The van der Waals surface area contributed by atoms with Crippen LogP contribution in [-0.2, 0) is 26.2 Å². The number of hydrogen-bond acceptors (Lipinski definition) is 14. The predicted octanol–water partition coefficient (Wildman–Crippen LogP) is 6.56. The summed E-state index contributed by atoms with van der Waals surface area (Å²) in [6.45, 7) is 16.3. The molecule has 1 saturated carbocycles. The molecule has 3 aliphatic heterocycles. The minimum atomic E-state index is -1.18. The highest BCUT2D eigenvalue weighted by atomic mass is 16.6. The second-order valence-electron chi connectivity index (χ2n) is 21.2. The van der Waals surface area contributed by atoms with E-state index in [9.17, 15) is 29.4 Å². The number of fused-ring (bicyclic) bond motifs is 3. The molecule has 18 nitrogen and oxygen atoms in total. The molecule has 378 valence electrons. The number of ketones is 1. The van der Waals surface area contributed by atoms with Crippen molar-refractivity contribution in [2.24, 2.45) is 5.92 Å². The number of carbonyl (C=O) groups is 4. The van der Waals surface area contributed by atoms with Gasteiger partial charge in [0.25, 0.3) is 11.8 Å². The maximum atomic E-state index is 13.4. The van der Waals surface area contributed by atoms with Crippen LogP contribution >= 0.6 is 0 Å². The molecule has 4 aliphatic rings. The minimum Gasteiger partial charge on any atom is -0.387 e. The smallest absolute Gasteiger partial charge is 0.264 e. The topological polar surface area (TPSA) is 233 Å². The number of nitrogens with zero attached hydrogens (tertiary/aromatic N) is 7. The number of aryl methyl sites for hydroxylation is 1. The summed E-state index contributed by atoms with van der Waals surface area (Å²) in [7, 11) is 0. The van der Waals surface area contributed by atoms with Crippen LogP contribution in [0.15, 0.2) is 61.3 Å². The molecule has 3 aromatic heterocycles. The van der Waals surface area contributed by atoms with Gasteiger partial charge < -0.3 is 35.9 Å². The first kappa shape index (κ1) is 49.9. The number of aliphatic hydroxyl groups is 2. The Morgan fingerprint density at radius 3 is 2.54 bits per heavy atom. The van der Waals surface area contributed by atoms with Gasteiger partial charge in [0.1, 0.15) is 42.3 Å². The number of aromatic nitrogens is 6. The van der Waals surface area contributed by atoms with Crippen molar-refractivity contribution in [1.29, 1.82) is 0 Å².